The largest absolute Gasteiger partial charge is 0.398 e. The first kappa shape index (κ1) is 12.4. The normalized spacial score (nSPS) is 10.3. The van der Waals surface area contributed by atoms with Crippen molar-refractivity contribution in [2.75, 3.05) is 5.73 Å². The Morgan fingerprint density at radius 1 is 1.17 bits per heavy atom. The lowest BCUT2D eigenvalue weighted by atomic mass is 10.2. The smallest absolute Gasteiger partial charge is 0.269 e. The first-order valence-electron chi connectivity index (χ1n) is 5.35. The van der Waals surface area contributed by atoms with Crippen LogP contribution in [0.2, 0.25) is 0 Å². The summed E-state index contributed by atoms with van der Waals surface area (Å²) in [6, 6.07) is 12.3. The zero-order valence-electron chi connectivity index (χ0n) is 9.79. The molecular weight excluding hydrogens is 248 g/mol. The molecule has 5 heteroatoms. The average Bonchev–Trinajstić information content (AvgIpc) is 2.36. The summed E-state index contributed by atoms with van der Waals surface area (Å²) in [7, 11) is 0. The molecule has 0 aliphatic rings. The third kappa shape index (κ3) is 2.62. The van der Waals surface area contributed by atoms with Crippen molar-refractivity contribution in [1.29, 1.82) is 0 Å². The van der Waals surface area contributed by atoms with Gasteiger partial charge in [-0.05, 0) is 30.7 Å². The Kier molecular flexibility index (Phi) is 3.53. The minimum Gasteiger partial charge on any atom is -0.398 e. The molecule has 2 aromatic carbocycles. The number of nitro groups is 1. The lowest BCUT2D eigenvalue weighted by molar-refractivity contribution is -0.384. The zero-order chi connectivity index (χ0) is 13.1. The van der Waals surface area contributed by atoms with Crippen molar-refractivity contribution < 1.29 is 4.92 Å². The van der Waals surface area contributed by atoms with Gasteiger partial charge in [0.25, 0.3) is 5.69 Å². The Morgan fingerprint density at radius 2 is 1.83 bits per heavy atom. The lowest BCUT2D eigenvalue weighted by Crippen LogP contribution is -1.92. The van der Waals surface area contributed by atoms with E-state index in [2.05, 4.69) is 0 Å². The van der Waals surface area contributed by atoms with Crippen LogP contribution in [0.15, 0.2) is 52.3 Å². The summed E-state index contributed by atoms with van der Waals surface area (Å²) in [4.78, 5) is 12.0. The maximum atomic E-state index is 10.5. The van der Waals surface area contributed by atoms with E-state index >= 15 is 0 Å². The second-order valence-corrected chi connectivity index (χ2v) is 4.96. The van der Waals surface area contributed by atoms with Crippen LogP contribution in [-0.2, 0) is 0 Å². The summed E-state index contributed by atoms with van der Waals surface area (Å²) in [6.07, 6.45) is 0. The molecule has 92 valence electrons. The Bertz CT molecular complexity index is 582. The molecule has 0 bridgehead atoms. The molecule has 0 spiro atoms. The summed E-state index contributed by atoms with van der Waals surface area (Å²) >= 11 is 1.50. The van der Waals surface area contributed by atoms with E-state index in [4.69, 9.17) is 5.73 Å². The summed E-state index contributed by atoms with van der Waals surface area (Å²) in [5.41, 5.74) is 7.85. The predicted molar refractivity (Wildman–Crippen MR) is 72.8 cm³/mol. The van der Waals surface area contributed by atoms with E-state index in [-0.39, 0.29) is 5.69 Å². The molecule has 0 aromatic heterocycles. The molecule has 0 atom stereocenters. The first-order valence-corrected chi connectivity index (χ1v) is 6.17. The number of nitrogen functional groups attached to an aromatic ring is 1. The summed E-state index contributed by atoms with van der Waals surface area (Å²) in [5.74, 6) is 0. The molecule has 0 radical (unpaired) electrons. The number of rotatable bonds is 3. The third-order valence-corrected chi connectivity index (χ3v) is 3.64. The van der Waals surface area contributed by atoms with Gasteiger partial charge in [0.2, 0.25) is 0 Å². The molecule has 0 amide bonds. The van der Waals surface area contributed by atoms with Crippen LogP contribution in [0, 0.1) is 17.0 Å². The van der Waals surface area contributed by atoms with Crippen LogP contribution >= 0.6 is 11.8 Å². The lowest BCUT2D eigenvalue weighted by Gasteiger charge is -2.07. The predicted octanol–water partition coefficient (Wildman–Crippen LogP) is 3.64. The van der Waals surface area contributed by atoms with Gasteiger partial charge in [-0.1, -0.05) is 23.9 Å². The van der Waals surface area contributed by atoms with E-state index in [0.29, 0.717) is 0 Å². The number of aryl methyl sites for hydroxylation is 1. The van der Waals surface area contributed by atoms with Crippen LogP contribution in [0.1, 0.15) is 5.56 Å². The van der Waals surface area contributed by atoms with Crippen LogP contribution in [0.3, 0.4) is 0 Å². The molecule has 2 N–H and O–H groups in total. The quantitative estimate of drug-likeness (QED) is 0.519. The van der Waals surface area contributed by atoms with Gasteiger partial charge in [-0.15, -0.1) is 0 Å². The Labute approximate surface area is 109 Å². The summed E-state index contributed by atoms with van der Waals surface area (Å²) in [5, 5.41) is 10.5. The molecule has 2 aromatic rings. The molecule has 0 aliphatic carbocycles. The Balaban J connectivity index is 2.24. The standard InChI is InChI=1S/C13H12N2O2S/c1-9-3-2-4-12(13(9)14)18-11-7-5-10(6-8-11)15(16)17/h2-8H,14H2,1H3. The maximum absolute atomic E-state index is 10.5. The van der Waals surface area contributed by atoms with E-state index < -0.39 is 4.92 Å². The monoisotopic (exact) mass is 260 g/mol. The molecule has 0 fully saturated rings. The average molecular weight is 260 g/mol. The van der Waals surface area contributed by atoms with E-state index in [1.165, 1.54) is 23.9 Å². The van der Waals surface area contributed by atoms with E-state index in [1.54, 1.807) is 12.1 Å². The molecule has 4 nitrogen and oxygen atoms in total. The van der Waals surface area contributed by atoms with Gasteiger partial charge in [0.1, 0.15) is 0 Å². The minimum absolute atomic E-state index is 0.0940. The van der Waals surface area contributed by atoms with Gasteiger partial charge < -0.3 is 5.73 Å². The number of benzene rings is 2. The number of nitrogens with two attached hydrogens (primary N) is 1. The second kappa shape index (κ2) is 5.10. The van der Waals surface area contributed by atoms with Crippen molar-refractivity contribution in [3.63, 3.8) is 0 Å². The molecular formula is C13H12N2O2S. The number of hydrogen-bond acceptors (Lipinski definition) is 4. The van der Waals surface area contributed by atoms with Gasteiger partial charge in [-0.2, -0.15) is 0 Å². The molecule has 0 aliphatic heterocycles. The maximum Gasteiger partial charge on any atom is 0.269 e. The molecule has 0 saturated heterocycles. The van der Waals surface area contributed by atoms with Gasteiger partial charge in [0.05, 0.1) is 4.92 Å². The number of nitro benzene ring substituents is 1. The highest BCUT2D eigenvalue weighted by atomic mass is 32.2. The van der Waals surface area contributed by atoms with Crippen molar-refractivity contribution in [2.45, 2.75) is 16.7 Å². The Morgan fingerprint density at radius 3 is 2.44 bits per heavy atom. The van der Waals surface area contributed by atoms with Gasteiger partial charge >= 0.3 is 0 Å². The second-order valence-electron chi connectivity index (χ2n) is 3.84. The van der Waals surface area contributed by atoms with Gasteiger partial charge in [-0.25, -0.2) is 0 Å². The van der Waals surface area contributed by atoms with Crippen molar-refractivity contribution >= 4 is 23.1 Å². The van der Waals surface area contributed by atoms with Crippen molar-refractivity contribution in [2.24, 2.45) is 0 Å². The van der Waals surface area contributed by atoms with Gasteiger partial charge in [0, 0.05) is 27.6 Å². The fraction of sp³-hybridized carbons (Fsp3) is 0.0769. The minimum atomic E-state index is -0.407. The highest BCUT2D eigenvalue weighted by molar-refractivity contribution is 7.99. The first-order chi connectivity index (χ1) is 8.58. The van der Waals surface area contributed by atoms with Gasteiger partial charge in [-0.3, -0.25) is 10.1 Å². The number of non-ortho nitro benzene ring substituents is 1. The fourth-order valence-electron chi connectivity index (χ4n) is 1.51. The van der Waals surface area contributed by atoms with Crippen LogP contribution in [-0.4, -0.2) is 4.92 Å². The summed E-state index contributed by atoms with van der Waals surface area (Å²) < 4.78 is 0. The van der Waals surface area contributed by atoms with E-state index in [1.807, 2.05) is 25.1 Å². The zero-order valence-corrected chi connectivity index (χ0v) is 10.6. The van der Waals surface area contributed by atoms with Crippen molar-refractivity contribution in [1.82, 2.24) is 0 Å². The van der Waals surface area contributed by atoms with Crippen LogP contribution in [0.25, 0.3) is 0 Å². The molecule has 2 rings (SSSR count). The van der Waals surface area contributed by atoms with Crippen molar-refractivity contribution in [3.8, 4) is 0 Å². The molecule has 0 unspecified atom stereocenters. The van der Waals surface area contributed by atoms with Gasteiger partial charge in [0.15, 0.2) is 0 Å². The number of anilines is 1. The molecule has 18 heavy (non-hydrogen) atoms. The Hall–Kier alpha value is -2.01. The topological polar surface area (TPSA) is 69.2 Å². The number of hydrogen-bond donors (Lipinski definition) is 1. The number of para-hydroxylation sites is 1. The highest BCUT2D eigenvalue weighted by Crippen LogP contribution is 2.34. The van der Waals surface area contributed by atoms with E-state index in [0.717, 1.165) is 21.0 Å². The number of nitrogens with zero attached hydrogens (tertiary/aromatic N) is 1. The highest BCUT2D eigenvalue weighted by Gasteiger charge is 2.07. The van der Waals surface area contributed by atoms with Crippen molar-refractivity contribution in [3.05, 3.63) is 58.1 Å². The van der Waals surface area contributed by atoms with Crippen LogP contribution < -0.4 is 5.73 Å². The van der Waals surface area contributed by atoms with E-state index in [9.17, 15) is 10.1 Å². The molecule has 0 heterocycles. The fourth-order valence-corrected chi connectivity index (χ4v) is 2.45. The van der Waals surface area contributed by atoms with Crippen LogP contribution in [0.4, 0.5) is 11.4 Å². The SMILES string of the molecule is Cc1cccc(Sc2ccc([N+](=O)[O-])cc2)c1N. The molecule has 0 saturated carbocycles. The third-order valence-electron chi connectivity index (χ3n) is 2.56. The van der Waals surface area contributed by atoms with Crippen LogP contribution in [0.5, 0.6) is 0 Å². The summed E-state index contributed by atoms with van der Waals surface area (Å²) in [6.45, 7) is 1.95.